The number of nitrogens with one attached hydrogen (secondary N) is 2. The van der Waals surface area contributed by atoms with Gasteiger partial charge in [-0.2, -0.15) is 0 Å². The third-order valence-corrected chi connectivity index (χ3v) is 2.42. The Kier molecular flexibility index (Phi) is 4.66. The molecule has 0 heterocycles. The first-order valence-electron chi connectivity index (χ1n) is 5.37. The average Bonchev–Trinajstić information content (AvgIpc) is 2.31. The molecule has 2 amide bonds. The summed E-state index contributed by atoms with van der Waals surface area (Å²) < 4.78 is 0. The SMILES string of the molecule is Cc1ccc(NC(=O)CNC(=O)CN)cc1C. The van der Waals surface area contributed by atoms with Gasteiger partial charge in [-0.15, -0.1) is 0 Å². The van der Waals surface area contributed by atoms with Crippen LogP contribution in [0, 0.1) is 13.8 Å². The Balaban J connectivity index is 2.50. The second-order valence-corrected chi connectivity index (χ2v) is 3.83. The topological polar surface area (TPSA) is 84.2 Å². The van der Waals surface area contributed by atoms with Crippen molar-refractivity contribution in [2.45, 2.75) is 13.8 Å². The molecule has 0 radical (unpaired) electrons. The molecule has 1 aromatic rings. The maximum atomic E-state index is 11.5. The summed E-state index contributed by atoms with van der Waals surface area (Å²) >= 11 is 0. The summed E-state index contributed by atoms with van der Waals surface area (Å²) in [5, 5.41) is 5.10. The highest BCUT2D eigenvalue weighted by Gasteiger charge is 2.04. The number of benzene rings is 1. The maximum absolute atomic E-state index is 11.5. The summed E-state index contributed by atoms with van der Waals surface area (Å²) in [6, 6.07) is 5.65. The van der Waals surface area contributed by atoms with Gasteiger partial charge in [0.1, 0.15) is 0 Å². The highest BCUT2D eigenvalue weighted by molar-refractivity contribution is 5.94. The summed E-state index contributed by atoms with van der Waals surface area (Å²) in [5.74, 6) is -0.615. The number of rotatable bonds is 4. The Labute approximate surface area is 100 Å². The molecule has 1 rings (SSSR count). The van der Waals surface area contributed by atoms with E-state index in [-0.39, 0.29) is 24.9 Å². The number of anilines is 1. The lowest BCUT2D eigenvalue weighted by atomic mass is 10.1. The molecule has 0 aliphatic rings. The Morgan fingerprint density at radius 3 is 2.47 bits per heavy atom. The van der Waals surface area contributed by atoms with Gasteiger partial charge < -0.3 is 16.4 Å². The number of amides is 2. The first-order chi connectivity index (χ1) is 8.02. The molecule has 1 aromatic carbocycles. The Bertz CT molecular complexity index is 430. The van der Waals surface area contributed by atoms with E-state index in [1.807, 2.05) is 32.0 Å². The molecule has 0 saturated carbocycles. The highest BCUT2D eigenvalue weighted by Crippen LogP contribution is 2.13. The smallest absolute Gasteiger partial charge is 0.243 e. The molecule has 92 valence electrons. The van der Waals surface area contributed by atoms with E-state index in [1.54, 1.807) is 0 Å². The van der Waals surface area contributed by atoms with Crippen molar-refractivity contribution in [3.8, 4) is 0 Å². The Hall–Kier alpha value is -1.88. The summed E-state index contributed by atoms with van der Waals surface area (Å²) in [6.07, 6.45) is 0. The lowest BCUT2D eigenvalue weighted by Crippen LogP contribution is -2.36. The van der Waals surface area contributed by atoms with E-state index < -0.39 is 0 Å². The number of hydrogen-bond donors (Lipinski definition) is 3. The van der Waals surface area contributed by atoms with E-state index in [9.17, 15) is 9.59 Å². The number of hydrogen-bond acceptors (Lipinski definition) is 3. The average molecular weight is 235 g/mol. The van der Waals surface area contributed by atoms with E-state index in [1.165, 1.54) is 5.56 Å². The lowest BCUT2D eigenvalue weighted by molar-refractivity contribution is -0.123. The molecule has 0 aliphatic heterocycles. The summed E-state index contributed by atoms with van der Waals surface area (Å²) in [7, 11) is 0. The maximum Gasteiger partial charge on any atom is 0.243 e. The third kappa shape index (κ3) is 4.24. The molecule has 0 aromatic heterocycles. The fraction of sp³-hybridized carbons (Fsp3) is 0.333. The fourth-order valence-corrected chi connectivity index (χ4v) is 1.28. The van der Waals surface area contributed by atoms with Gasteiger partial charge in [0.2, 0.25) is 11.8 Å². The minimum Gasteiger partial charge on any atom is -0.346 e. The Morgan fingerprint density at radius 1 is 1.18 bits per heavy atom. The van der Waals surface area contributed by atoms with Gasteiger partial charge in [0.05, 0.1) is 13.1 Å². The number of carbonyl (C=O) groups is 2. The molecule has 0 spiro atoms. The van der Waals surface area contributed by atoms with E-state index in [0.717, 1.165) is 11.3 Å². The van der Waals surface area contributed by atoms with Crippen LogP contribution in [-0.2, 0) is 9.59 Å². The molecule has 4 N–H and O–H groups in total. The van der Waals surface area contributed by atoms with Crippen LogP contribution in [0.1, 0.15) is 11.1 Å². The quantitative estimate of drug-likeness (QED) is 0.702. The van der Waals surface area contributed by atoms with Gasteiger partial charge >= 0.3 is 0 Å². The van der Waals surface area contributed by atoms with Crippen LogP contribution in [0.4, 0.5) is 5.69 Å². The minimum absolute atomic E-state index is 0.0665. The largest absolute Gasteiger partial charge is 0.346 e. The summed E-state index contributed by atoms with van der Waals surface area (Å²) in [4.78, 5) is 22.3. The summed E-state index contributed by atoms with van der Waals surface area (Å²) in [5.41, 5.74) is 8.10. The van der Waals surface area contributed by atoms with E-state index >= 15 is 0 Å². The Morgan fingerprint density at radius 2 is 1.88 bits per heavy atom. The van der Waals surface area contributed by atoms with E-state index in [4.69, 9.17) is 5.73 Å². The van der Waals surface area contributed by atoms with Gasteiger partial charge in [-0.3, -0.25) is 9.59 Å². The molecular weight excluding hydrogens is 218 g/mol. The van der Waals surface area contributed by atoms with Crippen LogP contribution in [0.2, 0.25) is 0 Å². The van der Waals surface area contributed by atoms with Crippen molar-refractivity contribution >= 4 is 17.5 Å². The molecule has 0 aliphatic carbocycles. The van der Waals surface area contributed by atoms with Crippen molar-refractivity contribution in [1.82, 2.24) is 5.32 Å². The summed E-state index contributed by atoms with van der Waals surface area (Å²) in [6.45, 7) is 3.80. The predicted octanol–water partition coefficient (Wildman–Crippen LogP) is 0.317. The van der Waals surface area contributed by atoms with Crippen LogP contribution in [0.3, 0.4) is 0 Å². The second-order valence-electron chi connectivity index (χ2n) is 3.83. The van der Waals surface area contributed by atoms with E-state index in [2.05, 4.69) is 10.6 Å². The van der Waals surface area contributed by atoms with Gasteiger partial charge in [-0.1, -0.05) is 6.07 Å². The zero-order chi connectivity index (χ0) is 12.8. The van der Waals surface area contributed by atoms with Crippen LogP contribution < -0.4 is 16.4 Å². The van der Waals surface area contributed by atoms with Crippen molar-refractivity contribution in [3.05, 3.63) is 29.3 Å². The molecule has 17 heavy (non-hydrogen) atoms. The van der Waals surface area contributed by atoms with Gasteiger partial charge in [0, 0.05) is 5.69 Å². The molecule has 0 bridgehead atoms. The van der Waals surface area contributed by atoms with Crippen molar-refractivity contribution in [1.29, 1.82) is 0 Å². The van der Waals surface area contributed by atoms with Crippen molar-refractivity contribution in [3.63, 3.8) is 0 Å². The zero-order valence-electron chi connectivity index (χ0n) is 10.0. The highest BCUT2D eigenvalue weighted by atomic mass is 16.2. The molecule has 0 fully saturated rings. The predicted molar refractivity (Wildman–Crippen MR) is 66.6 cm³/mol. The first kappa shape index (κ1) is 13.2. The van der Waals surface area contributed by atoms with Crippen molar-refractivity contribution in [2.24, 2.45) is 5.73 Å². The number of carbonyl (C=O) groups excluding carboxylic acids is 2. The fourth-order valence-electron chi connectivity index (χ4n) is 1.28. The monoisotopic (exact) mass is 235 g/mol. The molecule has 5 heteroatoms. The molecular formula is C12H17N3O2. The first-order valence-corrected chi connectivity index (χ1v) is 5.37. The van der Waals surface area contributed by atoms with Crippen LogP contribution in [-0.4, -0.2) is 24.9 Å². The van der Waals surface area contributed by atoms with Crippen LogP contribution in [0.15, 0.2) is 18.2 Å². The standard InChI is InChI=1S/C12H17N3O2/c1-8-3-4-10(5-9(8)2)15-12(17)7-14-11(16)6-13/h3-5H,6-7,13H2,1-2H3,(H,14,16)(H,15,17). The molecule has 0 unspecified atom stereocenters. The third-order valence-electron chi connectivity index (χ3n) is 2.42. The second kappa shape index (κ2) is 6.00. The van der Waals surface area contributed by atoms with Gasteiger partial charge in [-0.25, -0.2) is 0 Å². The molecule has 5 nitrogen and oxygen atoms in total. The number of aryl methyl sites for hydroxylation is 2. The minimum atomic E-state index is -0.347. The van der Waals surface area contributed by atoms with Crippen LogP contribution in [0.5, 0.6) is 0 Å². The normalized spacial score (nSPS) is 9.82. The van der Waals surface area contributed by atoms with Crippen molar-refractivity contribution < 1.29 is 9.59 Å². The molecule has 0 saturated heterocycles. The van der Waals surface area contributed by atoms with Crippen LogP contribution >= 0.6 is 0 Å². The zero-order valence-corrected chi connectivity index (χ0v) is 10.0. The van der Waals surface area contributed by atoms with Gasteiger partial charge in [-0.05, 0) is 37.1 Å². The number of nitrogens with two attached hydrogens (primary N) is 1. The lowest BCUT2D eigenvalue weighted by Gasteiger charge is -2.08. The van der Waals surface area contributed by atoms with E-state index in [0.29, 0.717) is 0 Å². The van der Waals surface area contributed by atoms with Crippen LogP contribution in [0.25, 0.3) is 0 Å². The van der Waals surface area contributed by atoms with Gasteiger partial charge in [0.15, 0.2) is 0 Å². The van der Waals surface area contributed by atoms with Gasteiger partial charge in [0.25, 0.3) is 0 Å². The molecule has 0 atom stereocenters. The van der Waals surface area contributed by atoms with Crippen molar-refractivity contribution in [2.75, 3.05) is 18.4 Å².